The van der Waals surface area contributed by atoms with Crippen LogP contribution in [0.4, 0.5) is 26.3 Å². The van der Waals surface area contributed by atoms with Crippen LogP contribution >= 0.6 is 11.9 Å². The summed E-state index contributed by atoms with van der Waals surface area (Å²) in [6, 6.07) is 2.47. The van der Waals surface area contributed by atoms with Crippen LogP contribution < -0.4 is 0 Å². The second-order valence-electron chi connectivity index (χ2n) is 5.59. The molecule has 0 N–H and O–H groups in total. The number of nitrogens with zero attached hydrogens (tertiary/aromatic N) is 4. The van der Waals surface area contributed by atoms with Crippen molar-refractivity contribution in [1.82, 2.24) is 18.7 Å². The Bertz CT molecular complexity index is 919. The van der Waals surface area contributed by atoms with Crippen LogP contribution in [0.15, 0.2) is 53.9 Å². The summed E-state index contributed by atoms with van der Waals surface area (Å²) in [6.07, 6.45) is -4.83. The zero-order valence-corrected chi connectivity index (χ0v) is 14.5. The lowest BCUT2D eigenvalue weighted by Crippen LogP contribution is -2.32. The molecule has 2 aromatic heterocycles. The highest BCUT2D eigenvalue weighted by atomic mass is 32.2. The van der Waals surface area contributed by atoms with Crippen molar-refractivity contribution < 1.29 is 26.3 Å². The lowest BCUT2D eigenvalue weighted by Gasteiger charge is -2.29. The fourth-order valence-electron chi connectivity index (χ4n) is 2.53. The van der Waals surface area contributed by atoms with Crippen LogP contribution in [0.5, 0.6) is 0 Å². The quantitative estimate of drug-likeness (QED) is 0.452. The molecule has 2 heterocycles. The Morgan fingerprint density at radius 3 is 2.30 bits per heavy atom. The van der Waals surface area contributed by atoms with Crippen molar-refractivity contribution >= 4 is 17.7 Å². The highest BCUT2D eigenvalue weighted by Gasteiger charge is 2.44. The van der Waals surface area contributed by atoms with E-state index >= 15 is 0 Å². The maximum Gasteiger partial charge on any atom is 0.416 e. The molecule has 3 rings (SSSR count). The van der Waals surface area contributed by atoms with Gasteiger partial charge in [-0.25, -0.2) is 14.3 Å². The van der Waals surface area contributed by atoms with Crippen LogP contribution in [0, 0.1) is 0 Å². The molecule has 0 saturated carbocycles. The molecule has 3 aromatic rings. The predicted octanol–water partition coefficient (Wildman–Crippen LogP) is 4.99. The van der Waals surface area contributed by atoms with Crippen molar-refractivity contribution in [2.24, 2.45) is 0 Å². The second-order valence-corrected chi connectivity index (χ2v) is 6.76. The van der Waals surface area contributed by atoms with Crippen LogP contribution in [0.25, 0.3) is 5.78 Å². The normalized spacial score (nSPS) is 14.1. The van der Waals surface area contributed by atoms with Gasteiger partial charge >= 0.3 is 12.4 Å². The van der Waals surface area contributed by atoms with E-state index in [1.54, 1.807) is 12.3 Å². The molecule has 27 heavy (non-hydrogen) atoms. The van der Waals surface area contributed by atoms with E-state index in [9.17, 15) is 26.3 Å². The van der Waals surface area contributed by atoms with Gasteiger partial charge in [0.1, 0.15) is 11.1 Å². The molecule has 0 aliphatic heterocycles. The van der Waals surface area contributed by atoms with E-state index in [1.165, 1.54) is 23.8 Å². The third-order valence-corrected chi connectivity index (χ3v) is 4.71. The predicted molar refractivity (Wildman–Crippen MR) is 86.8 cm³/mol. The topological polar surface area (TPSA) is 33.4 Å². The van der Waals surface area contributed by atoms with Crippen LogP contribution in [0.3, 0.4) is 0 Å². The number of aromatic nitrogens is 3. The minimum absolute atomic E-state index is 0.294. The zero-order chi connectivity index (χ0) is 19.8. The number of benzene rings is 1. The lowest BCUT2D eigenvalue weighted by molar-refractivity contribution is -0.169. The first kappa shape index (κ1) is 19.5. The fourth-order valence-corrected chi connectivity index (χ4v) is 3.51. The minimum Gasteiger partial charge on any atom is -0.277 e. The Morgan fingerprint density at radius 2 is 1.70 bits per heavy atom. The maximum absolute atomic E-state index is 13.6. The average molecular weight is 406 g/mol. The summed E-state index contributed by atoms with van der Waals surface area (Å²) >= 11 is 0.771. The van der Waals surface area contributed by atoms with E-state index in [0.29, 0.717) is 22.9 Å². The van der Waals surface area contributed by atoms with E-state index in [1.807, 2.05) is 0 Å². The molecule has 144 valence electrons. The second kappa shape index (κ2) is 7.04. The summed E-state index contributed by atoms with van der Waals surface area (Å²) in [6.45, 7) is 0. The zero-order valence-electron chi connectivity index (χ0n) is 13.7. The standard InChI is InChI=1S/C16H12F6N4S/c1-25(27-12-9-24-14-23-7-2-8-26(12)14)13(16(20,21)22)10-3-5-11(6-4-10)15(17,18)19/h2-9,13H,1H3/t13-/m1/s1. The summed E-state index contributed by atoms with van der Waals surface area (Å²) in [4.78, 5) is 7.99. The average Bonchev–Trinajstić information content (AvgIpc) is 2.96. The van der Waals surface area contributed by atoms with Crippen LogP contribution in [0.1, 0.15) is 17.2 Å². The van der Waals surface area contributed by atoms with E-state index in [4.69, 9.17) is 0 Å². The number of hydrogen-bond acceptors (Lipinski definition) is 4. The summed E-state index contributed by atoms with van der Waals surface area (Å²) in [5.41, 5.74) is -1.30. The van der Waals surface area contributed by atoms with Crippen LogP contribution in [-0.2, 0) is 6.18 Å². The Morgan fingerprint density at radius 1 is 1.04 bits per heavy atom. The number of hydrogen-bond donors (Lipinski definition) is 0. The van der Waals surface area contributed by atoms with Gasteiger partial charge in [-0.1, -0.05) is 12.1 Å². The van der Waals surface area contributed by atoms with E-state index < -0.39 is 24.0 Å². The summed E-state index contributed by atoms with van der Waals surface area (Å²) in [5, 5.41) is 0.391. The third-order valence-electron chi connectivity index (χ3n) is 3.72. The van der Waals surface area contributed by atoms with Gasteiger partial charge in [0.05, 0.1) is 11.8 Å². The number of halogens is 6. The molecule has 0 spiro atoms. The third kappa shape index (κ3) is 4.19. The summed E-state index contributed by atoms with van der Waals surface area (Å²) in [5.74, 6) is 0.325. The van der Waals surface area contributed by atoms with Gasteiger partial charge in [-0.05, 0) is 42.8 Å². The Labute approximate surface area is 154 Å². The van der Waals surface area contributed by atoms with Gasteiger partial charge in [0, 0.05) is 12.4 Å². The number of alkyl halides is 6. The molecule has 1 aromatic carbocycles. The Hall–Kier alpha value is -2.27. The van der Waals surface area contributed by atoms with Crippen molar-refractivity contribution in [3.8, 4) is 0 Å². The number of imidazole rings is 1. The molecule has 4 nitrogen and oxygen atoms in total. The van der Waals surface area contributed by atoms with Crippen LogP contribution in [-0.4, -0.2) is 31.9 Å². The highest BCUT2D eigenvalue weighted by molar-refractivity contribution is 7.97. The van der Waals surface area contributed by atoms with Crippen molar-refractivity contribution in [2.45, 2.75) is 23.4 Å². The van der Waals surface area contributed by atoms with E-state index in [-0.39, 0.29) is 5.56 Å². The van der Waals surface area contributed by atoms with Crippen molar-refractivity contribution in [3.63, 3.8) is 0 Å². The molecule has 0 amide bonds. The highest BCUT2D eigenvalue weighted by Crippen LogP contribution is 2.42. The number of fused-ring (bicyclic) bond motifs is 1. The first-order chi connectivity index (χ1) is 12.6. The van der Waals surface area contributed by atoms with Crippen LogP contribution in [0.2, 0.25) is 0 Å². The van der Waals surface area contributed by atoms with E-state index in [0.717, 1.165) is 28.4 Å². The lowest BCUT2D eigenvalue weighted by atomic mass is 10.0. The SMILES string of the molecule is CN(Sc1cnc2ncccn12)[C@H](c1ccc(C(F)(F)F)cc1)C(F)(F)F. The molecule has 0 unspecified atom stereocenters. The molecule has 0 bridgehead atoms. The largest absolute Gasteiger partial charge is 0.416 e. The van der Waals surface area contributed by atoms with Gasteiger partial charge in [0.2, 0.25) is 5.78 Å². The first-order valence-electron chi connectivity index (χ1n) is 7.50. The van der Waals surface area contributed by atoms with Crippen molar-refractivity contribution in [1.29, 1.82) is 0 Å². The molecule has 0 radical (unpaired) electrons. The molecule has 11 heteroatoms. The molecule has 1 atom stereocenters. The maximum atomic E-state index is 13.6. The van der Waals surface area contributed by atoms with Gasteiger partial charge in [0.25, 0.3) is 0 Å². The van der Waals surface area contributed by atoms with Gasteiger partial charge < -0.3 is 0 Å². The van der Waals surface area contributed by atoms with Gasteiger partial charge in [-0.15, -0.1) is 0 Å². The molecule has 0 aliphatic carbocycles. The van der Waals surface area contributed by atoms with Gasteiger partial charge in [-0.2, -0.15) is 26.3 Å². The van der Waals surface area contributed by atoms with Gasteiger partial charge in [0.15, 0.2) is 0 Å². The molecule has 0 saturated heterocycles. The molecule has 0 aliphatic rings. The van der Waals surface area contributed by atoms with E-state index in [2.05, 4.69) is 9.97 Å². The summed E-state index contributed by atoms with van der Waals surface area (Å²) in [7, 11) is 1.22. The first-order valence-corrected chi connectivity index (χ1v) is 8.27. The fraction of sp³-hybridized carbons (Fsp3) is 0.250. The van der Waals surface area contributed by atoms with Crippen molar-refractivity contribution in [3.05, 3.63) is 60.0 Å². The number of rotatable bonds is 4. The Kier molecular flexibility index (Phi) is 5.08. The Balaban J connectivity index is 1.90. The minimum atomic E-state index is -4.69. The van der Waals surface area contributed by atoms with Crippen molar-refractivity contribution in [2.75, 3.05) is 7.05 Å². The summed E-state index contributed by atoms with van der Waals surface area (Å²) < 4.78 is 81.3. The molecular formula is C16H12F6N4S. The molecule has 0 fully saturated rings. The monoisotopic (exact) mass is 406 g/mol. The molecular weight excluding hydrogens is 394 g/mol. The van der Waals surface area contributed by atoms with Gasteiger partial charge in [-0.3, -0.25) is 4.40 Å². The smallest absolute Gasteiger partial charge is 0.277 e.